The quantitative estimate of drug-likeness (QED) is 0.659. The SMILES string of the molecule is CC(C)(Oc1c(F)cc(F)cc1F)C(=O)N[C@H]1C[C@H]2CC[C@@H](C1)N2c1ccc(S(C)(=O)=O)cn1. The van der Waals surface area contributed by atoms with Gasteiger partial charge in [-0.15, -0.1) is 0 Å². The number of aromatic nitrogens is 1. The van der Waals surface area contributed by atoms with E-state index in [1.54, 1.807) is 12.1 Å². The summed E-state index contributed by atoms with van der Waals surface area (Å²) >= 11 is 0. The Kier molecular flexibility index (Phi) is 6.26. The lowest BCUT2D eigenvalue weighted by atomic mass is 9.96. The van der Waals surface area contributed by atoms with Crippen LogP contribution in [0.25, 0.3) is 0 Å². The van der Waals surface area contributed by atoms with Gasteiger partial charge >= 0.3 is 0 Å². The van der Waals surface area contributed by atoms with Crippen LogP contribution in [0.3, 0.4) is 0 Å². The molecule has 3 atom stereocenters. The number of ether oxygens (including phenoxy) is 1. The molecule has 0 saturated carbocycles. The van der Waals surface area contributed by atoms with Crippen molar-refractivity contribution in [2.24, 2.45) is 0 Å². The smallest absolute Gasteiger partial charge is 0.263 e. The zero-order chi connectivity index (χ0) is 24.8. The maximum Gasteiger partial charge on any atom is 0.263 e. The number of benzene rings is 1. The lowest BCUT2D eigenvalue weighted by Crippen LogP contribution is -2.55. The van der Waals surface area contributed by atoms with Gasteiger partial charge in [0.25, 0.3) is 5.91 Å². The molecule has 1 aromatic heterocycles. The second-order valence-corrected chi connectivity index (χ2v) is 11.4. The van der Waals surface area contributed by atoms with Crippen LogP contribution >= 0.6 is 0 Å². The molecule has 0 spiro atoms. The molecule has 2 aromatic rings. The molecule has 0 radical (unpaired) electrons. The number of carbonyl (C=O) groups excluding carboxylic acids is 1. The molecule has 4 rings (SSSR count). The van der Waals surface area contributed by atoms with Gasteiger partial charge in [-0.3, -0.25) is 4.79 Å². The van der Waals surface area contributed by atoms with Crippen LogP contribution in [0.15, 0.2) is 35.4 Å². The highest BCUT2D eigenvalue weighted by molar-refractivity contribution is 7.90. The van der Waals surface area contributed by atoms with Gasteiger partial charge in [0.1, 0.15) is 11.6 Å². The molecule has 3 heterocycles. The molecular weight excluding hydrogens is 471 g/mol. The minimum atomic E-state index is -3.33. The van der Waals surface area contributed by atoms with E-state index in [0.29, 0.717) is 30.8 Å². The first-order valence-corrected chi connectivity index (χ1v) is 12.8. The van der Waals surface area contributed by atoms with Gasteiger partial charge in [0.2, 0.25) is 0 Å². The van der Waals surface area contributed by atoms with Gasteiger partial charge in [-0.1, -0.05) is 0 Å². The summed E-state index contributed by atoms with van der Waals surface area (Å²) in [5.74, 6) is -4.18. The monoisotopic (exact) mass is 497 g/mol. The fourth-order valence-electron chi connectivity index (χ4n) is 4.70. The second kappa shape index (κ2) is 8.75. The number of hydrogen-bond donors (Lipinski definition) is 1. The normalized spacial score (nSPS) is 22.5. The minimum absolute atomic E-state index is 0.108. The Morgan fingerprint density at radius 3 is 2.21 bits per heavy atom. The van der Waals surface area contributed by atoms with Crippen LogP contribution in [0.5, 0.6) is 5.75 Å². The highest BCUT2D eigenvalue weighted by Crippen LogP contribution is 2.39. The lowest BCUT2D eigenvalue weighted by Gasteiger charge is -2.40. The molecule has 0 aliphatic carbocycles. The Labute approximate surface area is 196 Å². The average Bonchev–Trinajstić information content (AvgIpc) is 3.00. The van der Waals surface area contributed by atoms with Crippen molar-refractivity contribution in [2.45, 2.75) is 68.2 Å². The molecule has 2 aliphatic rings. The van der Waals surface area contributed by atoms with E-state index < -0.39 is 44.5 Å². The van der Waals surface area contributed by atoms with Gasteiger partial charge in [0.15, 0.2) is 32.8 Å². The largest absolute Gasteiger partial charge is 0.472 e. The van der Waals surface area contributed by atoms with Crippen molar-refractivity contribution in [2.75, 3.05) is 11.2 Å². The summed E-state index contributed by atoms with van der Waals surface area (Å²) in [5.41, 5.74) is -1.60. The molecule has 11 heteroatoms. The summed E-state index contributed by atoms with van der Waals surface area (Å²) in [7, 11) is -3.33. The number of amides is 1. The summed E-state index contributed by atoms with van der Waals surface area (Å²) in [6, 6.07) is 4.27. The Morgan fingerprint density at radius 2 is 1.71 bits per heavy atom. The molecular formula is C23H26F3N3O4S. The first-order chi connectivity index (χ1) is 15.8. The van der Waals surface area contributed by atoms with Crippen LogP contribution in [-0.2, 0) is 14.6 Å². The van der Waals surface area contributed by atoms with Crippen molar-refractivity contribution < 1.29 is 31.1 Å². The number of nitrogens with zero attached hydrogens (tertiary/aromatic N) is 2. The number of rotatable bonds is 6. The number of hydrogen-bond acceptors (Lipinski definition) is 6. The maximum absolute atomic E-state index is 14.0. The highest BCUT2D eigenvalue weighted by atomic mass is 32.2. The fourth-order valence-corrected chi connectivity index (χ4v) is 5.26. The third-order valence-electron chi connectivity index (χ3n) is 6.35. The number of piperidine rings is 1. The van der Waals surface area contributed by atoms with Crippen molar-refractivity contribution in [1.82, 2.24) is 10.3 Å². The number of sulfone groups is 1. The number of fused-ring (bicyclic) bond motifs is 2. The van der Waals surface area contributed by atoms with E-state index in [2.05, 4.69) is 15.2 Å². The molecule has 7 nitrogen and oxygen atoms in total. The minimum Gasteiger partial charge on any atom is -0.472 e. The zero-order valence-electron chi connectivity index (χ0n) is 19.0. The van der Waals surface area contributed by atoms with Crippen molar-refractivity contribution in [3.8, 4) is 5.75 Å². The number of pyridine rings is 1. The molecule has 1 aromatic carbocycles. The van der Waals surface area contributed by atoms with Gasteiger partial charge < -0.3 is 15.0 Å². The van der Waals surface area contributed by atoms with Crippen molar-refractivity contribution in [3.05, 3.63) is 47.9 Å². The standard InChI is InChI=1S/C23H26F3N3O4S/c1-23(2,33-21-18(25)8-13(24)9-19(21)26)22(30)28-14-10-15-4-5-16(11-14)29(15)20-7-6-17(12-27-20)34(3,31)32/h6-9,12,14-16H,4-5,10-11H2,1-3H3,(H,28,30)/t14-,15+,16-. The number of halogens is 3. The van der Waals surface area contributed by atoms with E-state index in [4.69, 9.17) is 4.74 Å². The highest BCUT2D eigenvalue weighted by Gasteiger charge is 2.43. The summed E-state index contributed by atoms with van der Waals surface area (Å²) in [4.78, 5) is 19.6. The molecule has 2 fully saturated rings. The van der Waals surface area contributed by atoms with Gasteiger partial charge in [-0.05, 0) is 51.7 Å². The van der Waals surface area contributed by atoms with E-state index in [9.17, 15) is 26.4 Å². The summed E-state index contributed by atoms with van der Waals surface area (Å²) in [5, 5.41) is 2.92. The van der Waals surface area contributed by atoms with E-state index in [1.165, 1.54) is 20.0 Å². The molecule has 2 aliphatic heterocycles. The van der Waals surface area contributed by atoms with E-state index in [-0.39, 0.29) is 23.0 Å². The van der Waals surface area contributed by atoms with Gasteiger partial charge in [-0.2, -0.15) is 0 Å². The van der Waals surface area contributed by atoms with Gasteiger partial charge in [0, 0.05) is 42.7 Å². The van der Waals surface area contributed by atoms with Crippen molar-refractivity contribution in [3.63, 3.8) is 0 Å². The van der Waals surface area contributed by atoms with E-state index in [1.807, 2.05) is 0 Å². The predicted octanol–water partition coefficient (Wildman–Crippen LogP) is 3.38. The molecule has 1 amide bonds. The molecule has 2 saturated heterocycles. The Balaban J connectivity index is 1.42. The summed E-state index contributed by atoms with van der Waals surface area (Å²) in [6.07, 6.45) is 5.55. The third kappa shape index (κ3) is 4.84. The first-order valence-electron chi connectivity index (χ1n) is 10.9. The number of carbonyl (C=O) groups is 1. The van der Waals surface area contributed by atoms with Crippen LogP contribution in [0.1, 0.15) is 39.5 Å². The maximum atomic E-state index is 14.0. The average molecular weight is 498 g/mol. The van der Waals surface area contributed by atoms with Crippen LogP contribution in [0, 0.1) is 17.5 Å². The Hall–Kier alpha value is -2.82. The number of anilines is 1. The van der Waals surface area contributed by atoms with Crippen molar-refractivity contribution >= 4 is 21.6 Å². The number of nitrogens with one attached hydrogen (secondary N) is 1. The fraction of sp³-hybridized carbons (Fsp3) is 0.478. The van der Waals surface area contributed by atoms with Crippen molar-refractivity contribution in [1.29, 1.82) is 0 Å². The lowest BCUT2D eigenvalue weighted by molar-refractivity contribution is -0.135. The first kappa shape index (κ1) is 24.3. The molecule has 0 unspecified atom stereocenters. The van der Waals surface area contributed by atoms with E-state index in [0.717, 1.165) is 19.1 Å². The van der Waals surface area contributed by atoms with Crippen LogP contribution in [0.4, 0.5) is 19.0 Å². The predicted molar refractivity (Wildman–Crippen MR) is 119 cm³/mol. The molecule has 34 heavy (non-hydrogen) atoms. The summed E-state index contributed by atoms with van der Waals surface area (Å²) < 4.78 is 69.8. The molecule has 1 N–H and O–H groups in total. The Bertz CT molecular complexity index is 1170. The second-order valence-electron chi connectivity index (χ2n) is 9.37. The van der Waals surface area contributed by atoms with Gasteiger partial charge in [0.05, 0.1) is 4.90 Å². The van der Waals surface area contributed by atoms with Crippen LogP contribution in [-0.4, -0.2) is 49.3 Å². The summed E-state index contributed by atoms with van der Waals surface area (Å²) in [6.45, 7) is 2.78. The topological polar surface area (TPSA) is 88.6 Å². The van der Waals surface area contributed by atoms with Crippen LogP contribution < -0.4 is 15.0 Å². The van der Waals surface area contributed by atoms with Gasteiger partial charge in [-0.25, -0.2) is 26.6 Å². The third-order valence-corrected chi connectivity index (χ3v) is 7.45. The molecule has 2 bridgehead atoms. The van der Waals surface area contributed by atoms with E-state index >= 15 is 0 Å². The Morgan fingerprint density at radius 1 is 1.12 bits per heavy atom. The zero-order valence-corrected chi connectivity index (χ0v) is 19.8. The molecule has 184 valence electrons. The van der Waals surface area contributed by atoms with Crippen LogP contribution in [0.2, 0.25) is 0 Å².